The Morgan fingerprint density at radius 2 is 1.42 bits per heavy atom. The molecule has 0 aliphatic heterocycles. The Hall–Kier alpha value is -0.990. The van der Waals surface area contributed by atoms with Crippen molar-refractivity contribution in [1.29, 1.82) is 0 Å². The SMILES string of the molecule is NC(=O)COS(=O)OCC(N)=O. The fourth-order valence-electron chi connectivity index (χ4n) is 0.246. The van der Waals surface area contributed by atoms with Crippen LogP contribution in [0.3, 0.4) is 0 Å². The molecule has 0 heterocycles. The Labute approximate surface area is 70.9 Å². The van der Waals surface area contributed by atoms with Crippen LogP contribution < -0.4 is 11.5 Å². The van der Waals surface area contributed by atoms with E-state index in [4.69, 9.17) is 0 Å². The molecule has 0 radical (unpaired) electrons. The minimum Gasteiger partial charge on any atom is -0.368 e. The van der Waals surface area contributed by atoms with Gasteiger partial charge in [0.15, 0.2) is 0 Å². The quantitative estimate of drug-likeness (QED) is 0.489. The number of rotatable bonds is 6. The summed E-state index contributed by atoms with van der Waals surface area (Å²) in [6, 6.07) is 0. The van der Waals surface area contributed by atoms with E-state index in [0.717, 1.165) is 0 Å². The molecule has 2 amide bonds. The minimum absolute atomic E-state index is 0.536. The lowest BCUT2D eigenvalue weighted by molar-refractivity contribution is -0.120. The number of amides is 2. The molecule has 0 aliphatic carbocycles. The van der Waals surface area contributed by atoms with Gasteiger partial charge in [-0.3, -0.25) is 18.0 Å². The summed E-state index contributed by atoms with van der Waals surface area (Å²) in [5.41, 5.74) is 9.30. The van der Waals surface area contributed by atoms with E-state index >= 15 is 0 Å². The van der Waals surface area contributed by atoms with Gasteiger partial charge in [0.05, 0.1) is 0 Å². The van der Waals surface area contributed by atoms with Crippen molar-refractivity contribution < 1.29 is 22.2 Å². The molecular formula is C4H8N2O5S. The monoisotopic (exact) mass is 196 g/mol. The molecule has 0 bridgehead atoms. The van der Waals surface area contributed by atoms with Crippen molar-refractivity contribution in [2.24, 2.45) is 11.5 Å². The van der Waals surface area contributed by atoms with Gasteiger partial charge < -0.3 is 11.5 Å². The smallest absolute Gasteiger partial charge is 0.305 e. The van der Waals surface area contributed by atoms with Crippen LogP contribution in [0.2, 0.25) is 0 Å². The molecule has 0 spiro atoms. The standard InChI is InChI=1S/C4H8N2O5S/c5-3(7)1-10-12(9)11-2-4(6)8/h1-2H2,(H2,5,7)(H2,6,8). The van der Waals surface area contributed by atoms with Crippen molar-refractivity contribution in [2.75, 3.05) is 13.2 Å². The highest BCUT2D eigenvalue weighted by atomic mass is 32.2. The van der Waals surface area contributed by atoms with Crippen molar-refractivity contribution in [3.63, 3.8) is 0 Å². The molecule has 0 atom stereocenters. The largest absolute Gasteiger partial charge is 0.368 e. The molecule has 0 aromatic heterocycles. The highest BCUT2D eigenvalue weighted by Crippen LogP contribution is 1.87. The van der Waals surface area contributed by atoms with E-state index in [0.29, 0.717) is 0 Å². The van der Waals surface area contributed by atoms with Crippen LogP contribution in [0.25, 0.3) is 0 Å². The molecule has 8 heteroatoms. The molecule has 4 N–H and O–H groups in total. The van der Waals surface area contributed by atoms with E-state index in [2.05, 4.69) is 19.8 Å². The highest BCUT2D eigenvalue weighted by molar-refractivity contribution is 7.75. The third-order valence-corrected chi connectivity index (χ3v) is 1.22. The van der Waals surface area contributed by atoms with Crippen molar-refractivity contribution in [2.45, 2.75) is 0 Å². The Kier molecular flexibility index (Phi) is 5.17. The first kappa shape index (κ1) is 11.0. The summed E-state index contributed by atoms with van der Waals surface area (Å²) < 4.78 is 18.9. The van der Waals surface area contributed by atoms with E-state index in [9.17, 15) is 13.8 Å². The number of hydrogen-bond donors (Lipinski definition) is 2. The zero-order valence-corrected chi connectivity index (χ0v) is 6.83. The lowest BCUT2D eigenvalue weighted by Crippen LogP contribution is -2.22. The molecule has 0 aromatic rings. The van der Waals surface area contributed by atoms with E-state index in [1.807, 2.05) is 0 Å². The van der Waals surface area contributed by atoms with Crippen LogP contribution in [-0.2, 0) is 29.3 Å². The van der Waals surface area contributed by atoms with Gasteiger partial charge in [0.2, 0.25) is 11.8 Å². The lowest BCUT2D eigenvalue weighted by Gasteiger charge is -1.98. The van der Waals surface area contributed by atoms with Gasteiger partial charge in [-0.1, -0.05) is 0 Å². The maximum Gasteiger partial charge on any atom is 0.305 e. The van der Waals surface area contributed by atoms with Crippen LogP contribution in [-0.4, -0.2) is 29.2 Å². The van der Waals surface area contributed by atoms with Crippen molar-refractivity contribution in [3.8, 4) is 0 Å². The van der Waals surface area contributed by atoms with Crippen molar-refractivity contribution in [1.82, 2.24) is 0 Å². The average Bonchev–Trinajstić information content (AvgIpc) is 1.96. The van der Waals surface area contributed by atoms with Gasteiger partial charge in [-0.25, -0.2) is 0 Å². The molecule has 0 unspecified atom stereocenters. The van der Waals surface area contributed by atoms with Crippen LogP contribution in [0.1, 0.15) is 0 Å². The van der Waals surface area contributed by atoms with Gasteiger partial charge in [0.1, 0.15) is 13.2 Å². The molecule has 0 rings (SSSR count). The van der Waals surface area contributed by atoms with Crippen LogP contribution in [0.5, 0.6) is 0 Å². The third-order valence-electron chi connectivity index (χ3n) is 0.595. The zero-order valence-electron chi connectivity index (χ0n) is 6.02. The number of hydrogen-bond acceptors (Lipinski definition) is 5. The third kappa shape index (κ3) is 7.12. The normalized spacial score (nSPS) is 10.1. The summed E-state index contributed by atoms with van der Waals surface area (Å²) in [6.45, 7) is -1.07. The highest BCUT2D eigenvalue weighted by Gasteiger charge is 2.04. The maximum absolute atomic E-state index is 10.5. The first-order valence-electron chi connectivity index (χ1n) is 2.77. The van der Waals surface area contributed by atoms with Crippen LogP contribution in [0.4, 0.5) is 0 Å². The molecule has 0 aromatic carbocycles. The first-order valence-corrected chi connectivity index (χ1v) is 3.77. The van der Waals surface area contributed by atoms with Gasteiger partial charge in [0, 0.05) is 0 Å². The second-order valence-electron chi connectivity index (χ2n) is 1.66. The minimum atomic E-state index is -2.16. The Balaban J connectivity index is 3.47. The number of carbonyl (C=O) groups excluding carboxylic acids is 2. The summed E-state index contributed by atoms with van der Waals surface area (Å²) in [5.74, 6) is -1.57. The molecule has 0 saturated heterocycles. The van der Waals surface area contributed by atoms with Crippen LogP contribution in [0.15, 0.2) is 0 Å². The summed E-state index contributed by atoms with van der Waals surface area (Å²) in [4.78, 5) is 20.1. The second-order valence-corrected chi connectivity index (χ2v) is 2.54. The Bertz CT molecular complexity index is 186. The lowest BCUT2D eigenvalue weighted by atomic mass is 10.7. The van der Waals surface area contributed by atoms with Gasteiger partial charge >= 0.3 is 11.4 Å². The molecule has 70 valence electrons. The number of primary amides is 2. The van der Waals surface area contributed by atoms with Crippen molar-refractivity contribution >= 4 is 23.2 Å². The fourth-order valence-corrected chi connectivity index (χ4v) is 0.739. The predicted octanol–water partition coefficient (Wildman–Crippen LogP) is -2.43. The van der Waals surface area contributed by atoms with Gasteiger partial charge in [-0.15, -0.1) is 0 Å². The van der Waals surface area contributed by atoms with Crippen LogP contribution in [0, 0.1) is 0 Å². The van der Waals surface area contributed by atoms with E-state index < -0.39 is 36.4 Å². The topological polar surface area (TPSA) is 122 Å². The predicted molar refractivity (Wildman–Crippen MR) is 38.4 cm³/mol. The van der Waals surface area contributed by atoms with E-state index in [-0.39, 0.29) is 0 Å². The average molecular weight is 196 g/mol. The Morgan fingerprint density at radius 3 is 1.67 bits per heavy atom. The summed E-state index contributed by atoms with van der Waals surface area (Å²) >= 11 is -2.16. The summed E-state index contributed by atoms with van der Waals surface area (Å²) in [5, 5.41) is 0. The molecule has 7 nitrogen and oxygen atoms in total. The molecule has 0 saturated carbocycles. The second kappa shape index (κ2) is 5.63. The van der Waals surface area contributed by atoms with Gasteiger partial charge in [0.25, 0.3) is 0 Å². The first-order chi connectivity index (χ1) is 5.52. The zero-order chi connectivity index (χ0) is 9.56. The Morgan fingerprint density at radius 1 is 1.08 bits per heavy atom. The number of carbonyl (C=O) groups is 2. The molecular weight excluding hydrogens is 188 g/mol. The summed E-state index contributed by atoms with van der Waals surface area (Å²) in [7, 11) is 0. The maximum atomic E-state index is 10.5. The van der Waals surface area contributed by atoms with E-state index in [1.165, 1.54) is 0 Å². The summed E-state index contributed by atoms with van der Waals surface area (Å²) in [6.07, 6.45) is 0. The van der Waals surface area contributed by atoms with Gasteiger partial charge in [-0.2, -0.15) is 4.21 Å². The molecule has 0 fully saturated rings. The molecule has 12 heavy (non-hydrogen) atoms. The van der Waals surface area contributed by atoms with E-state index in [1.54, 1.807) is 0 Å². The van der Waals surface area contributed by atoms with Gasteiger partial charge in [-0.05, 0) is 0 Å². The van der Waals surface area contributed by atoms with Crippen LogP contribution >= 0.6 is 0 Å². The van der Waals surface area contributed by atoms with Crippen molar-refractivity contribution in [3.05, 3.63) is 0 Å². The fraction of sp³-hybridized carbons (Fsp3) is 0.500. The molecule has 0 aliphatic rings. The number of nitrogens with two attached hydrogens (primary N) is 2.